The third kappa shape index (κ3) is 6.54. The van der Waals surface area contributed by atoms with Crippen LogP contribution in [0.25, 0.3) is 0 Å². The summed E-state index contributed by atoms with van der Waals surface area (Å²) >= 11 is 5.15. The van der Waals surface area contributed by atoms with Gasteiger partial charge in [0, 0.05) is 17.9 Å². The number of benzene rings is 1. The average molecular weight is 364 g/mol. The van der Waals surface area contributed by atoms with E-state index >= 15 is 0 Å². The highest BCUT2D eigenvalue weighted by molar-refractivity contribution is 8.02. The van der Waals surface area contributed by atoms with Crippen molar-refractivity contribution in [1.29, 1.82) is 5.26 Å². The SMILES string of the molecule is CC(C)c1ccc(CSc2nnc(SCCCCC#N)s2)cc1. The molecule has 1 aromatic carbocycles. The lowest BCUT2D eigenvalue weighted by atomic mass is 10.0. The number of nitrogens with zero attached hydrogens (tertiary/aromatic N) is 3. The maximum atomic E-state index is 8.50. The molecule has 2 rings (SSSR count). The third-order valence-corrected chi connectivity index (χ3v) is 6.65. The van der Waals surface area contributed by atoms with Crippen LogP contribution in [0.5, 0.6) is 0 Å². The Morgan fingerprint density at radius 3 is 2.43 bits per heavy atom. The second-order valence-corrected chi connectivity index (χ2v) is 9.02. The van der Waals surface area contributed by atoms with Crippen LogP contribution in [-0.2, 0) is 5.75 Å². The molecule has 0 saturated heterocycles. The Bertz CT molecular complexity index is 629. The predicted octanol–water partition coefficient (Wildman–Crippen LogP) is 5.74. The van der Waals surface area contributed by atoms with E-state index in [2.05, 4.69) is 54.4 Å². The molecule has 23 heavy (non-hydrogen) atoms. The van der Waals surface area contributed by atoms with Gasteiger partial charge in [0.05, 0.1) is 6.07 Å². The summed E-state index contributed by atoms with van der Waals surface area (Å²) < 4.78 is 2.05. The number of unbranched alkanes of at least 4 members (excludes halogenated alkanes) is 2. The van der Waals surface area contributed by atoms with Gasteiger partial charge in [-0.05, 0) is 29.9 Å². The van der Waals surface area contributed by atoms with E-state index in [0.717, 1.165) is 33.0 Å². The molecule has 0 aliphatic carbocycles. The Morgan fingerprint density at radius 1 is 1.09 bits per heavy atom. The van der Waals surface area contributed by atoms with Gasteiger partial charge >= 0.3 is 0 Å². The number of nitriles is 1. The lowest BCUT2D eigenvalue weighted by Gasteiger charge is -2.05. The van der Waals surface area contributed by atoms with Crippen molar-refractivity contribution in [3.8, 4) is 6.07 Å². The fraction of sp³-hybridized carbons (Fsp3) is 0.471. The molecule has 0 bridgehead atoms. The third-order valence-electron chi connectivity index (χ3n) is 3.31. The van der Waals surface area contributed by atoms with E-state index in [1.165, 1.54) is 11.1 Å². The molecule has 6 heteroatoms. The van der Waals surface area contributed by atoms with Crippen LogP contribution in [0.4, 0.5) is 0 Å². The van der Waals surface area contributed by atoms with E-state index in [9.17, 15) is 0 Å². The fourth-order valence-corrected chi connectivity index (χ4v) is 4.97. The second-order valence-electron chi connectivity index (χ2n) is 5.48. The zero-order valence-corrected chi connectivity index (χ0v) is 15.9. The molecule has 3 nitrogen and oxygen atoms in total. The van der Waals surface area contributed by atoms with E-state index in [1.807, 2.05) is 0 Å². The van der Waals surface area contributed by atoms with Crippen LogP contribution in [0.3, 0.4) is 0 Å². The summed E-state index contributed by atoms with van der Waals surface area (Å²) in [6.07, 6.45) is 2.67. The van der Waals surface area contributed by atoms with Crippen molar-refractivity contribution in [2.75, 3.05) is 5.75 Å². The lowest BCUT2D eigenvalue weighted by Crippen LogP contribution is -1.87. The maximum Gasteiger partial charge on any atom is 0.175 e. The molecule has 0 amide bonds. The second kappa shape index (κ2) is 9.96. The van der Waals surface area contributed by atoms with Crippen molar-refractivity contribution in [1.82, 2.24) is 10.2 Å². The summed E-state index contributed by atoms with van der Waals surface area (Å²) in [7, 11) is 0. The summed E-state index contributed by atoms with van der Waals surface area (Å²) in [5.74, 6) is 2.52. The van der Waals surface area contributed by atoms with E-state index < -0.39 is 0 Å². The fourth-order valence-electron chi connectivity index (χ4n) is 1.92. The van der Waals surface area contributed by atoms with Crippen LogP contribution in [0.1, 0.15) is 50.2 Å². The first-order valence-corrected chi connectivity index (χ1v) is 10.5. The van der Waals surface area contributed by atoms with Gasteiger partial charge in [-0.2, -0.15) is 5.26 Å². The van der Waals surface area contributed by atoms with E-state index in [-0.39, 0.29) is 0 Å². The largest absolute Gasteiger partial charge is 0.198 e. The van der Waals surface area contributed by atoms with Crippen molar-refractivity contribution >= 4 is 34.9 Å². The number of hydrogen-bond acceptors (Lipinski definition) is 6. The molecular formula is C17H21N3S3. The van der Waals surface area contributed by atoms with Gasteiger partial charge in [0.1, 0.15) is 0 Å². The normalized spacial score (nSPS) is 10.9. The summed E-state index contributed by atoms with van der Waals surface area (Å²) in [6.45, 7) is 4.43. The summed E-state index contributed by atoms with van der Waals surface area (Å²) in [5.41, 5.74) is 2.70. The molecule has 0 fully saturated rings. The first kappa shape index (κ1) is 18.3. The topological polar surface area (TPSA) is 49.6 Å². The molecule has 0 radical (unpaired) electrons. The van der Waals surface area contributed by atoms with Crippen molar-refractivity contribution in [3.63, 3.8) is 0 Å². The van der Waals surface area contributed by atoms with Crippen LogP contribution in [0.15, 0.2) is 32.9 Å². The molecule has 0 saturated carbocycles. The molecule has 0 unspecified atom stereocenters. The molecule has 0 aliphatic heterocycles. The summed E-state index contributed by atoms with van der Waals surface area (Å²) in [5, 5.41) is 17.0. The van der Waals surface area contributed by atoms with Crippen molar-refractivity contribution in [2.24, 2.45) is 0 Å². The van der Waals surface area contributed by atoms with Crippen LogP contribution in [0.2, 0.25) is 0 Å². The van der Waals surface area contributed by atoms with Gasteiger partial charge in [-0.25, -0.2) is 0 Å². The number of aromatic nitrogens is 2. The van der Waals surface area contributed by atoms with Gasteiger partial charge in [0.2, 0.25) is 0 Å². The molecular weight excluding hydrogens is 342 g/mol. The van der Waals surface area contributed by atoms with Gasteiger partial charge < -0.3 is 0 Å². The highest BCUT2D eigenvalue weighted by Gasteiger charge is 2.06. The van der Waals surface area contributed by atoms with Crippen LogP contribution in [-0.4, -0.2) is 16.0 Å². The Kier molecular flexibility index (Phi) is 7.93. The standard InChI is InChI=1S/C17H21N3S3/c1-13(2)15-8-6-14(7-9-15)12-22-17-20-19-16(23-17)21-11-5-3-4-10-18/h6-9,13H,3-5,11-12H2,1-2H3. The minimum atomic E-state index is 0.576. The highest BCUT2D eigenvalue weighted by atomic mass is 32.2. The van der Waals surface area contributed by atoms with Crippen molar-refractivity contribution in [2.45, 2.75) is 53.5 Å². The first-order valence-electron chi connectivity index (χ1n) is 7.74. The van der Waals surface area contributed by atoms with E-state index in [1.54, 1.807) is 34.9 Å². The summed E-state index contributed by atoms with van der Waals surface area (Å²) in [6, 6.07) is 11.0. The monoisotopic (exact) mass is 363 g/mol. The van der Waals surface area contributed by atoms with Gasteiger partial charge in [-0.15, -0.1) is 10.2 Å². The Labute approximate surface area is 150 Å². The minimum absolute atomic E-state index is 0.576. The Balaban J connectivity index is 1.75. The van der Waals surface area contributed by atoms with Gasteiger partial charge in [-0.3, -0.25) is 0 Å². The van der Waals surface area contributed by atoms with Crippen LogP contribution in [0, 0.1) is 11.3 Å². The Morgan fingerprint density at radius 2 is 1.78 bits per heavy atom. The molecule has 2 aromatic rings. The van der Waals surface area contributed by atoms with Crippen molar-refractivity contribution < 1.29 is 0 Å². The van der Waals surface area contributed by atoms with Crippen LogP contribution >= 0.6 is 34.9 Å². The first-order chi connectivity index (χ1) is 11.2. The van der Waals surface area contributed by atoms with E-state index in [4.69, 9.17) is 5.26 Å². The summed E-state index contributed by atoms with van der Waals surface area (Å²) in [4.78, 5) is 0. The molecule has 0 spiro atoms. The zero-order chi connectivity index (χ0) is 16.5. The molecule has 0 atom stereocenters. The van der Waals surface area contributed by atoms with Crippen molar-refractivity contribution in [3.05, 3.63) is 35.4 Å². The average Bonchev–Trinajstić information content (AvgIpc) is 3.01. The molecule has 122 valence electrons. The number of rotatable bonds is 9. The zero-order valence-electron chi connectivity index (χ0n) is 13.5. The predicted molar refractivity (Wildman–Crippen MR) is 100 cm³/mol. The number of hydrogen-bond donors (Lipinski definition) is 0. The molecule has 0 aliphatic rings. The molecule has 1 aromatic heterocycles. The van der Waals surface area contributed by atoms with Gasteiger partial charge in [0.25, 0.3) is 0 Å². The van der Waals surface area contributed by atoms with Gasteiger partial charge in [0.15, 0.2) is 8.68 Å². The Hall–Kier alpha value is -1.03. The van der Waals surface area contributed by atoms with Gasteiger partial charge in [-0.1, -0.05) is 73.0 Å². The van der Waals surface area contributed by atoms with E-state index in [0.29, 0.717) is 12.3 Å². The molecule has 0 N–H and O–H groups in total. The molecule has 1 heterocycles. The highest BCUT2D eigenvalue weighted by Crippen LogP contribution is 2.31. The number of thioether (sulfide) groups is 2. The lowest BCUT2D eigenvalue weighted by molar-refractivity contribution is 0.829. The minimum Gasteiger partial charge on any atom is -0.198 e. The maximum absolute atomic E-state index is 8.50. The quantitative estimate of drug-likeness (QED) is 0.420. The smallest absolute Gasteiger partial charge is 0.175 e. The van der Waals surface area contributed by atoms with Crippen LogP contribution < -0.4 is 0 Å².